The van der Waals surface area contributed by atoms with Crippen LogP contribution in [0.2, 0.25) is 0 Å². The summed E-state index contributed by atoms with van der Waals surface area (Å²) in [6.45, 7) is 7.09. The predicted molar refractivity (Wildman–Crippen MR) is 117 cm³/mol. The molecule has 1 aromatic heterocycles. The minimum atomic E-state index is -0.600. The van der Waals surface area contributed by atoms with Gasteiger partial charge in [-0.3, -0.25) is 14.4 Å². The Labute approximate surface area is 182 Å². The molecular weight excluding hydrogens is 396 g/mol. The minimum absolute atomic E-state index is 0.0155. The highest BCUT2D eigenvalue weighted by Crippen LogP contribution is 2.28. The number of amides is 2. The van der Waals surface area contributed by atoms with Crippen molar-refractivity contribution in [2.45, 2.75) is 58.4 Å². The van der Waals surface area contributed by atoms with Crippen molar-refractivity contribution >= 4 is 28.8 Å². The van der Waals surface area contributed by atoms with E-state index in [0.29, 0.717) is 13.1 Å². The third kappa shape index (κ3) is 5.83. The average Bonchev–Trinajstić information content (AvgIpc) is 3.20. The number of H-pyrrole nitrogens is 1. The molecule has 0 saturated carbocycles. The standard InChI is InChI=1S/C23H32N4O4/c1-4-31-20(29)10-9-19(28)26-21(15(2)3)23(30)27-13-11-16(12-14-27)22-24-17-7-5-6-8-18(17)25-22/h5-8,15-16,21H,4,9-14H2,1-3H3,(H,24,25)(H,26,28). The van der Waals surface area contributed by atoms with Crippen molar-refractivity contribution in [1.29, 1.82) is 0 Å². The van der Waals surface area contributed by atoms with Crippen LogP contribution in [0, 0.1) is 5.92 Å². The molecular formula is C23H32N4O4. The Hall–Kier alpha value is -2.90. The van der Waals surface area contributed by atoms with Gasteiger partial charge in [-0.2, -0.15) is 0 Å². The highest BCUT2D eigenvalue weighted by Gasteiger charge is 2.32. The predicted octanol–water partition coefficient (Wildman–Crippen LogP) is 2.75. The third-order valence-corrected chi connectivity index (χ3v) is 5.71. The number of fused-ring (bicyclic) bond motifs is 1. The molecule has 3 rings (SSSR count). The summed E-state index contributed by atoms with van der Waals surface area (Å²) in [5.41, 5.74) is 1.99. The van der Waals surface area contributed by atoms with E-state index in [-0.39, 0.29) is 43.1 Å². The Morgan fingerprint density at radius 1 is 1.19 bits per heavy atom. The number of nitrogens with one attached hydrogen (secondary N) is 2. The molecule has 8 heteroatoms. The van der Waals surface area contributed by atoms with E-state index in [1.54, 1.807) is 6.92 Å². The fourth-order valence-electron chi connectivity index (χ4n) is 3.94. The first-order valence-corrected chi connectivity index (χ1v) is 11.1. The average molecular weight is 429 g/mol. The van der Waals surface area contributed by atoms with Crippen LogP contribution < -0.4 is 5.32 Å². The first kappa shape index (κ1) is 22.8. The van der Waals surface area contributed by atoms with Gasteiger partial charge >= 0.3 is 5.97 Å². The number of ether oxygens (including phenoxy) is 1. The highest BCUT2D eigenvalue weighted by atomic mass is 16.5. The minimum Gasteiger partial charge on any atom is -0.466 e. The molecule has 1 saturated heterocycles. The van der Waals surface area contributed by atoms with Crippen LogP contribution in [0.4, 0.5) is 0 Å². The molecule has 2 amide bonds. The SMILES string of the molecule is CCOC(=O)CCC(=O)NC(C(=O)N1CCC(c2nc3ccccc3[nH]2)CC1)C(C)C. The van der Waals surface area contributed by atoms with E-state index in [1.807, 2.05) is 43.0 Å². The van der Waals surface area contributed by atoms with Crippen molar-refractivity contribution < 1.29 is 19.1 Å². The number of hydrogen-bond acceptors (Lipinski definition) is 5. The Morgan fingerprint density at radius 3 is 2.55 bits per heavy atom. The summed E-state index contributed by atoms with van der Waals surface area (Å²) >= 11 is 0. The van der Waals surface area contributed by atoms with E-state index in [4.69, 9.17) is 9.72 Å². The van der Waals surface area contributed by atoms with Crippen molar-refractivity contribution in [1.82, 2.24) is 20.2 Å². The zero-order valence-corrected chi connectivity index (χ0v) is 18.5. The van der Waals surface area contributed by atoms with Gasteiger partial charge in [0.25, 0.3) is 0 Å². The maximum absolute atomic E-state index is 13.1. The molecule has 1 atom stereocenters. The summed E-state index contributed by atoms with van der Waals surface area (Å²) < 4.78 is 4.85. The molecule has 1 aliphatic heterocycles. The van der Waals surface area contributed by atoms with Crippen LogP contribution in [-0.4, -0.2) is 58.4 Å². The molecule has 2 aromatic rings. The number of carbonyl (C=O) groups is 3. The summed E-state index contributed by atoms with van der Waals surface area (Å²) in [5.74, 6) is 0.429. The Balaban J connectivity index is 1.54. The molecule has 1 unspecified atom stereocenters. The van der Waals surface area contributed by atoms with E-state index < -0.39 is 12.0 Å². The summed E-state index contributed by atoms with van der Waals surface area (Å²) in [4.78, 5) is 46.8. The molecule has 0 bridgehead atoms. The van der Waals surface area contributed by atoms with E-state index in [2.05, 4.69) is 10.3 Å². The van der Waals surface area contributed by atoms with Gasteiger partial charge in [0.2, 0.25) is 11.8 Å². The van der Waals surface area contributed by atoms with Gasteiger partial charge in [-0.1, -0.05) is 26.0 Å². The molecule has 0 spiro atoms. The number of imidazole rings is 1. The first-order chi connectivity index (χ1) is 14.9. The van der Waals surface area contributed by atoms with Gasteiger partial charge in [0.05, 0.1) is 24.1 Å². The summed E-state index contributed by atoms with van der Waals surface area (Å²) in [7, 11) is 0. The molecule has 0 aliphatic carbocycles. The van der Waals surface area contributed by atoms with Crippen LogP contribution in [0.3, 0.4) is 0 Å². The molecule has 1 aliphatic rings. The second kappa shape index (κ2) is 10.4. The molecule has 2 N–H and O–H groups in total. The number of carbonyl (C=O) groups excluding carboxylic acids is 3. The number of rotatable bonds is 8. The van der Waals surface area contributed by atoms with E-state index in [9.17, 15) is 14.4 Å². The lowest BCUT2D eigenvalue weighted by molar-refractivity contribution is -0.144. The van der Waals surface area contributed by atoms with Gasteiger partial charge in [0, 0.05) is 25.4 Å². The van der Waals surface area contributed by atoms with Crippen molar-refractivity contribution in [2.24, 2.45) is 5.92 Å². The number of esters is 1. The number of aromatic nitrogens is 2. The number of para-hydroxylation sites is 2. The van der Waals surface area contributed by atoms with Gasteiger partial charge < -0.3 is 19.9 Å². The Kier molecular flexibility index (Phi) is 7.65. The molecule has 8 nitrogen and oxygen atoms in total. The largest absolute Gasteiger partial charge is 0.466 e. The second-order valence-electron chi connectivity index (χ2n) is 8.33. The molecule has 1 fully saturated rings. The number of benzene rings is 1. The van der Waals surface area contributed by atoms with Gasteiger partial charge in [0.15, 0.2) is 0 Å². The van der Waals surface area contributed by atoms with Crippen LogP contribution in [0.5, 0.6) is 0 Å². The van der Waals surface area contributed by atoms with Gasteiger partial charge in [0.1, 0.15) is 11.9 Å². The van der Waals surface area contributed by atoms with Crippen LogP contribution in [0.25, 0.3) is 11.0 Å². The van der Waals surface area contributed by atoms with Crippen LogP contribution in [0.1, 0.15) is 58.2 Å². The highest BCUT2D eigenvalue weighted by molar-refractivity contribution is 5.89. The number of likely N-dealkylation sites (tertiary alicyclic amines) is 1. The van der Waals surface area contributed by atoms with Crippen molar-refractivity contribution in [3.63, 3.8) is 0 Å². The van der Waals surface area contributed by atoms with Gasteiger partial charge in [-0.15, -0.1) is 0 Å². The van der Waals surface area contributed by atoms with Gasteiger partial charge in [-0.25, -0.2) is 4.98 Å². The molecule has 31 heavy (non-hydrogen) atoms. The normalized spacial score (nSPS) is 15.8. The fraction of sp³-hybridized carbons (Fsp3) is 0.565. The van der Waals surface area contributed by atoms with E-state index >= 15 is 0 Å². The third-order valence-electron chi connectivity index (χ3n) is 5.71. The number of piperidine rings is 1. The topological polar surface area (TPSA) is 104 Å². The number of nitrogens with zero attached hydrogens (tertiary/aromatic N) is 2. The quantitative estimate of drug-likeness (QED) is 0.629. The van der Waals surface area contributed by atoms with Crippen LogP contribution in [-0.2, 0) is 19.1 Å². The van der Waals surface area contributed by atoms with Crippen molar-refractivity contribution in [3.05, 3.63) is 30.1 Å². The van der Waals surface area contributed by atoms with Crippen molar-refractivity contribution in [2.75, 3.05) is 19.7 Å². The van der Waals surface area contributed by atoms with Crippen LogP contribution in [0.15, 0.2) is 24.3 Å². The lowest BCUT2D eigenvalue weighted by atomic mass is 9.94. The molecule has 168 valence electrons. The Bertz CT molecular complexity index is 882. The van der Waals surface area contributed by atoms with E-state index in [0.717, 1.165) is 29.7 Å². The fourth-order valence-corrected chi connectivity index (χ4v) is 3.94. The number of aromatic amines is 1. The van der Waals surface area contributed by atoms with Crippen molar-refractivity contribution in [3.8, 4) is 0 Å². The zero-order chi connectivity index (χ0) is 22.4. The summed E-state index contributed by atoms with van der Waals surface area (Å²) in [5, 5.41) is 2.82. The van der Waals surface area contributed by atoms with E-state index in [1.165, 1.54) is 0 Å². The maximum atomic E-state index is 13.1. The Morgan fingerprint density at radius 2 is 1.90 bits per heavy atom. The van der Waals surface area contributed by atoms with Gasteiger partial charge in [-0.05, 0) is 37.8 Å². The lowest BCUT2D eigenvalue weighted by Gasteiger charge is -2.35. The van der Waals surface area contributed by atoms with Crippen LogP contribution >= 0.6 is 0 Å². The summed E-state index contributed by atoms with van der Waals surface area (Å²) in [6.07, 6.45) is 1.69. The molecule has 1 aromatic carbocycles. The smallest absolute Gasteiger partial charge is 0.306 e. The first-order valence-electron chi connectivity index (χ1n) is 11.1. The summed E-state index contributed by atoms with van der Waals surface area (Å²) in [6, 6.07) is 7.37. The zero-order valence-electron chi connectivity index (χ0n) is 18.5. The maximum Gasteiger partial charge on any atom is 0.306 e. The molecule has 2 heterocycles. The lowest BCUT2D eigenvalue weighted by Crippen LogP contribution is -2.52. The molecule has 0 radical (unpaired) electrons. The monoisotopic (exact) mass is 428 g/mol. The second-order valence-corrected chi connectivity index (χ2v) is 8.33. The number of hydrogen-bond donors (Lipinski definition) is 2.